The number of hydrogen-bond acceptors (Lipinski definition) is 4. The van der Waals surface area contributed by atoms with Crippen LogP contribution < -0.4 is 10.1 Å². The van der Waals surface area contributed by atoms with Crippen LogP contribution in [0.15, 0.2) is 54.9 Å². The summed E-state index contributed by atoms with van der Waals surface area (Å²) < 4.78 is 7.17. The average molecular weight is 376 g/mol. The third-order valence-corrected chi connectivity index (χ3v) is 5.19. The number of carbonyl (C=O) groups is 1. The molecule has 144 valence electrons. The number of hydrogen-bond donors (Lipinski definition) is 1. The summed E-state index contributed by atoms with van der Waals surface area (Å²) in [6.07, 6.45) is 4.58. The second-order valence-electron chi connectivity index (χ2n) is 7.22. The number of pyridine rings is 1. The molecule has 1 amide bonds. The summed E-state index contributed by atoms with van der Waals surface area (Å²) in [5, 5.41) is 7.82. The topological polar surface area (TPSA) is 69.0 Å². The summed E-state index contributed by atoms with van der Waals surface area (Å²) in [7, 11) is 1.65. The second kappa shape index (κ2) is 7.84. The Hall–Kier alpha value is -3.15. The van der Waals surface area contributed by atoms with E-state index >= 15 is 0 Å². The lowest BCUT2D eigenvalue weighted by molar-refractivity contribution is -0.122. The van der Waals surface area contributed by atoms with Crippen LogP contribution in [0.5, 0.6) is 5.75 Å². The number of amides is 1. The summed E-state index contributed by atoms with van der Waals surface area (Å²) in [6, 6.07) is 13.8. The Morgan fingerprint density at radius 3 is 2.68 bits per heavy atom. The average Bonchev–Trinajstić information content (AvgIpc) is 3.32. The van der Waals surface area contributed by atoms with Gasteiger partial charge in [-0.05, 0) is 54.8 Å². The van der Waals surface area contributed by atoms with Gasteiger partial charge in [0.05, 0.1) is 25.0 Å². The van der Waals surface area contributed by atoms with Gasteiger partial charge in [0.25, 0.3) is 0 Å². The van der Waals surface area contributed by atoms with E-state index in [1.165, 1.54) is 0 Å². The molecule has 1 fully saturated rings. The molecule has 0 aliphatic heterocycles. The number of benzene rings is 1. The molecule has 0 saturated heterocycles. The molecule has 1 aliphatic rings. The van der Waals surface area contributed by atoms with Crippen molar-refractivity contribution in [3.63, 3.8) is 0 Å². The molecule has 1 aromatic carbocycles. The largest absolute Gasteiger partial charge is 0.497 e. The summed E-state index contributed by atoms with van der Waals surface area (Å²) >= 11 is 0. The summed E-state index contributed by atoms with van der Waals surface area (Å²) in [5.41, 5.74) is 3.87. The predicted octanol–water partition coefficient (Wildman–Crippen LogP) is 3.39. The van der Waals surface area contributed by atoms with E-state index in [0.717, 1.165) is 34.7 Å². The van der Waals surface area contributed by atoms with Crippen molar-refractivity contribution in [3.8, 4) is 28.3 Å². The van der Waals surface area contributed by atoms with E-state index in [4.69, 9.17) is 9.84 Å². The van der Waals surface area contributed by atoms with Crippen molar-refractivity contribution >= 4 is 5.91 Å². The number of methoxy groups -OCH3 is 1. The van der Waals surface area contributed by atoms with Crippen LogP contribution in [0.2, 0.25) is 0 Å². The number of nitrogens with one attached hydrogen (secondary N) is 1. The zero-order valence-electron chi connectivity index (χ0n) is 16.1. The van der Waals surface area contributed by atoms with E-state index in [1.54, 1.807) is 13.3 Å². The molecule has 6 nitrogen and oxygen atoms in total. The Morgan fingerprint density at radius 2 is 2.04 bits per heavy atom. The molecular weight excluding hydrogens is 352 g/mol. The van der Waals surface area contributed by atoms with Gasteiger partial charge in [0.1, 0.15) is 5.75 Å². The fraction of sp³-hybridized carbons (Fsp3) is 0.318. The molecule has 3 aromatic rings. The molecule has 1 N–H and O–H groups in total. The fourth-order valence-corrected chi connectivity index (χ4v) is 3.34. The second-order valence-corrected chi connectivity index (χ2v) is 7.22. The third kappa shape index (κ3) is 3.91. The van der Waals surface area contributed by atoms with Crippen LogP contribution in [0.25, 0.3) is 22.5 Å². The Kier molecular flexibility index (Phi) is 5.10. The highest BCUT2D eigenvalue weighted by molar-refractivity contribution is 5.81. The number of aromatic nitrogens is 3. The Balaban J connectivity index is 1.56. The Morgan fingerprint density at radius 1 is 1.25 bits per heavy atom. The fourth-order valence-electron chi connectivity index (χ4n) is 3.34. The van der Waals surface area contributed by atoms with Gasteiger partial charge in [0.15, 0.2) is 0 Å². The molecule has 0 unspecified atom stereocenters. The van der Waals surface area contributed by atoms with Crippen molar-refractivity contribution in [1.29, 1.82) is 0 Å². The number of rotatable bonds is 7. The molecule has 6 heteroatoms. The Labute approximate surface area is 164 Å². The summed E-state index contributed by atoms with van der Waals surface area (Å²) in [5.74, 6) is 1.66. The smallest absolute Gasteiger partial charge is 0.223 e. The van der Waals surface area contributed by atoms with Crippen molar-refractivity contribution < 1.29 is 9.53 Å². The first kappa shape index (κ1) is 18.2. The number of nitrogens with zero attached hydrogens (tertiary/aromatic N) is 3. The van der Waals surface area contributed by atoms with Crippen LogP contribution >= 0.6 is 0 Å². The molecule has 0 bridgehead atoms. The highest BCUT2D eigenvalue weighted by Crippen LogP contribution is 2.37. The molecule has 1 saturated carbocycles. The van der Waals surface area contributed by atoms with Crippen LogP contribution in [-0.4, -0.2) is 34.3 Å². The van der Waals surface area contributed by atoms with Crippen molar-refractivity contribution in [2.75, 3.05) is 13.7 Å². The maximum Gasteiger partial charge on any atom is 0.223 e. The van der Waals surface area contributed by atoms with Gasteiger partial charge in [-0.1, -0.05) is 6.92 Å². The van der Waals surface area contributed by atoms with E-state index < -0.39 is 0 Å². The van der Waals surface area contributed by atoms with Gasteiger partial charge in [0, 0.05) is 36.0 Å². The lowest BCUT2D eigenvalue weighted by atomic mass is 10.1. The first-order valence-corrected chi connectivity index (χ1v) is 9.56. The van der Waals surface area contributed by atoms with Gasteiger partial charge in [-0.2, -0.15) is 5.10 Å². The maximum absolute atomic E-state index is 12.1. The number of ether oxygens (including phenoxy) is 1. The minimum absolute atomic E-state index is 0.151. The van der Waals surface area contributed by atoms with Crippen LogP contribution in [0.4, 0.5) is 0 Å². The lowest BCUT2D eigenvalue weighted by Gasteiger charge is -2.08. The molecule has 1 aliphatic carbocycles. The first-order chi connectivity index (χ1) is 13.7. The van der Waals surface area contributed by atoms with E-state index in [9.17, 15) is 4.79 Å². The molecule has 0 spiro atoms. The maximum atomic E-state index is 12.1. The molecule has 2 atom stereocenters. The van der Waals surface area contributed by atoms with Gasteiger partial charge < -0.3 is 10.1 Å². The van der Waals surface area contributed by atoms with E-state index in [2.05, 4.69) is 23.3 Å². The highest BCUT2D eigenvalue weighted by atomic mass is 16.5. The van der Waals surface area contributed by atoms with Crippen molar-refractivity contribution in [2.45, 2.75) is 19.9 Å². The van der Waals surface area contributed by atoms with Gasteiger partial charge in [-0.15, -0.1) is 0 Å². The van der Waals surface area contributed by atoms with E-state index in [1.807, 2.05) is 47.3 Å². The first-order valence-electron chi connectivity index (χ1n) is 9.56. The zero-order valence-corrected chi connectivity index (χ0v) is 16.1. The van der Waals surface area contributed by atoms with Crippen LogP contribution in [0.1, 0.15) is 13.3 Å². The Bertz CT molecular complexity index is 950. The van der Waals surface area contributed by atoms with Crippen molar-refractivity contribution in [2.24, 2.45) is 11.8 Å². The van der Waals surface area contributed by atoms with Crippen LogP contribution in [-0.2, 0) is 11.3 Å². The summed E-state index contributed by atoms with van der Waals surface area (Å²) in [4.78, 5) is 16.3. The van der Waals surface area contributed by atoms with E-state index in [0.29, 0.717) is 19.0 Å². The number of carbonyl (C=O) groups excluding carboxylic acids is 1. The zero-order chi connectivity index (χ0) is 19.5. The van der Waals surface area contributed by atoms with Gasteiger partial charge in [-0.3, -0.25) is 14.5 Å². The summed E-state index contributed by atoms with van der Waals surface area (Å²) in [6.45, 7) is 3.27. The van der Waals surface area contributed by atoms with Gasteiger partial charge in [-0.25, -0.2) is 0 Å². The van der Waals surface area contributed by atoms with E-state index in [-0.39, 0.29) is 11.8 Å². The van der Waals surface area contributed by atoms with Crippen LogP contribution in [0.3, 0.4) is 0 Å². The van der Waals surface area contributed by atoms with Crippen molar-refractivity contribution in [1.82, 2.24) is 20.1 Å². The van der Waals surface area contributed by atoms with Gasteiger partial charge >= 0.3 is 0 Å². The molecule has 2 heterocycles. The normalized spacial score (nSPS) is 17.9. The quantitative estimate of drug-likeness (QED) is 0.686. The SMILES string of the molecule is COc1ccc(-c2cc(-c3cccnc3)n(CCNC(=O)[C@@H]3C[C@H]3C)n2)cc1. The monoisotopic (exact) mass is 376 g/mol. The third-order valence-electron chi connectivity index (χ3n) is 5.19. The predicted molar refractivity (Wildman–Crippen MR) is 108 cm³/mol. The van der Waals surface area contributed by atoms with Crippen molar-refractivity contribution in [3.05, 3.63) is 54.9 Å². The molecule has 0 radical (unpaired) electrons. The standard InChI is InChI=1S/C22H24N4O2/c1-15-12-19(15)22(27)24-10-11-26-21(17-4-3-9-23-14-17)13-20(25-26)16-5-7-18(28-2)8-6-16/h3-9,13-15,19H,10-12H2,1-2H3,(H,24,27)/t15-,19-/m1/s1. The lowest BCUT2D eigenvalue weighted by Crippen LogP contribution is -2.29. The molecule has 4 rings (SSSR count). The van der Waals surface area contributed by atoms with Crippen LogP contribution in [0, 0.1) is 11.8 Å². The minimum Gasteiger partial charge on any atom is -0.497 e. The minimum atomic E-state index is 0.151. The van der Waals surface area contributed by atoms with Gasteiger partial charge in [0.2, 0.25) is 5.91 Å². The molecule has 28 heavy (non-hydrogen) atoms. The molecule has 2 aromatic heterocycles. The molecular formula is C22H24N4O2. The highest BCUT2D eigenvalue weighted by Gasteiger charge is 2.38.